The average molecular weight is 547 g/mol. The third kappa shape index (κ3) is 23.6. The molecule has 0 unspecified atom stereocenters. The molecule has 0 bridgehead atoms. The summed E-state index contributed by atoms with van der Waals surface area (Å²) in [4.78, 5) is 0. The number of hydrogen-bond donors (Lipinski definition) is 0. The Hall–Kier alpha value is -1.50. The van der Waals surface area contributed by atoms with E-state index in [0.29, 0.717) is 106 Å². The van der Waals surface area contributed by atoms with Crippen LogP contribution in [0.5, 0.6) is 11.5 Å². The molecule has 222 valence electrons. The minimum absolute atomic E-state index is 0.469. The number of benzene rings is 1. The zero-order chi connectivity index (χ0) is 27.2. The van der Waals surface area contributed by atoms with Crippen LogP contribution in [0.1, 0.15) is 26.7 Å². The lowest BCUT2D eigenvalue weighted by Crippen LogP contribution is -2.14. The maximum Gasteiger partial charge on any atom is 0.119 e. The lowest BCUT2D eigenvalue weighted by atomic mass is 10.3. The molecule has 10 heteroatoms. The second kappa shape index (κ2) is 28.5. The SMILES string of the molecule is CCCOCCOCCOCCOCCOc1ccc(OCCOCCOCCOCCOCCC)cc1. The van der Waals surface area contributed by atoms with Crippen molar-refractivity contribution < 1.29 is 47.4 Å². The Morgan fingerprint density at radius 2 is 0.526 bits per heavy atom. The van der Waals surface area contributed by atoms with Crippen molar-refractivity contribution in [2.24, 2.45) is 0 Å². The van der Waals surface area contributed by atoms with Crippen LogP contribution in [0.15, 0.2) is 24.3 Å². The summed E-state index contributed by atoms with van der Waals surface area (Å²) in [5, 5.41) is 0. The first-order valence-electron chi connectivity index (χ1n) is 13.8. The van der Waals surface area contributed by atoms with Crippen LogP contribution in [0, 0.1) is 0 Å². The van der Waals surface area contributed by atoms with E-state index in [-0.39, 0.29) is 0 Å². The zero-order valence-corrected chi connectivity index (χ0v) is 23.5. The third-order valence-electron chi connectivity index (χ3n) is 4.75. The molecule has 0 aromatic heterocycles. The van der Waals surface area contributed by atoms with Crippen molar-refractivity contribution >= 4 is 0 Å². The van der Waals surface area contributed by atoms with Crippen LogP contribution in [0.25, 0.3) is 0 Å². The van der Waals surface area contributed by atoms with E-state index in [1.807, 2.05) is 24.3 Å². The summed E-state index contributed by atoms with van der Waals surface area (Å²) in [6.45, 7) is 14.4. The third-order valence-corrected chi connectivity index (χ3v) is 4.75. The molecule has 0 radical (unpaired) electrons. The fraction of sp³-hybridized carbons (Fsp3) is 0.786. The highest BCUT2D eigenvalue weighted by molar-refractivity contribution is 5.31. The fourth-order valence-corrected chi connectivity index (χ4v) is 2.88. The Labute approximate surface area is 229 Å². The lowest BCUT2D eigenvalue weighted by molar-refractivity contribution is -0.00460. The summed E-state index contributed by atoms with van der Waals surface area (Å²) < 4.78 is 54.8. The van der Waals surface area contributed by atoms with E-state index in [9.17, 15) is 0 Å². The molecule has 1 aromatic carbocycles. The Morgan fingerprint density at radius 3 is 0.763 bits per heavy atom. The Balaban J connectivity index is 1.83. The molecule has 0 aliphatic rings. The summed E-state index contributed by atoms with van der Waals surface area (Å²) in [7, 11) is 0. The van der Waals surface area contributed by atoms with Crippen LogP contribution >= 0.6 is 0 Å². The number of ether oxygens (including phenoxy) is 10. The molecule has 0 amide bonds. The van der Waals surface area contributed by atoms with Crippen LogP contribution in [0.3, 0.4) is 0 Å². The zero-order valence-electron chi connectivity index (χ0n) is 23.5. The van der Waals surface area contributed by atoms with Crippen molar-refractivity contribution in [3.63, 3.8) is 0 Å². The highest BCUT2D eigenvalue weighted by Gasteiger charge is 1.99. The van der Waals surface area contributed by atoms with Crippen LogP contribution in [0.2, 0.25) is 0 Å². The maximum absolute atomic E-state index is 5.68. The van der Waals surface area contributed by atoms with Gasteiger partial charge >= 0.3 is 0 Å². The molecule has 1 aromatic rings. The first-order chi connectivity index (χ1) is 18.9. The lowest BCUT2D eigenvalue weighted by Gasteiger charge is -2.10. The van der Waals surface area contributed by atoms with Gasteiger partial charge in [0, 0.05) is 13.2 Å². The predicted molar refractivity (Wildman–Crippen MR) is 145 cm³/mol. The summed E-state index contributed by atoms with van der Waals surface area (Å²) in [6, 6.07) is 7.49. The van der Waals surface area contributed by atoms with Gasteiger partial charge < -0.3 is 47.4 Å². The molecule has 0 spiro atoms. The minimum atomic E-state index is 0.469. The summed E-state index contributed by atoms with van der Waals surface area (Å²) in [5.41, 5.74) is 0. The molecular weight excluding hydrogens is 496 g/mol. The van der Waals surface area contributed by atoms with Gasteiger partial charge in [0.1, 0.15) is 24.7 Å². The van der Waals surface area contributed by atoms with Gasteiger partial charge in [-0.2, -0.15) is 0 Å². The quantitative estimate of drug-likeness (QED) is 0.134. The van der Waals surface area contributed by atoms with E-state index in [0.717, 1.165) is 37.6 Å². The van der Waals surface area contributed by atoms with Gasteiger partial charge in [0.15, 0.2) is 0 Å². The molecule has 0 aliphatic carbocycles. The molecule has 0 N–H and O–H groups in total. The van der Waals surface area contributed by atoms with E-state index in [4.69, 9.17) is 47.4 Å². The molecule has 0 saturated carbocycles. The van der Waals surface area contributed by atoms with E-state index in [1.165, 1.54) is 0 Å². The number of rotatable bonds is 30. The molecule has 0 fully saturated rings. The van der Waals surface area contributed by atoms with E-state index in [1.54, 1.807) is 0 Å². The first-order valence-corrected chi connectivity index (χ1v) is 13.8. The largest absolute Gasteiger partial charge is 0.491 e. The predicted octanol–water partition coefficient (Wildman–Crippen LogP) is 3.40. The van der Waals surface area contributed by atoms with Gasteiger partial charge in [0.25, 0.3) is 0 Å². The highest BCUT2D eigenvalue weighted by Crippen LogP contribution is 2.17. The van der Waals surface area contributed by atoms with Gasteiger partial charge in [0.05, 0.1) is 92.5 Å². The van der Waals surface area contributed by atoms with Gasteiger partial charge in [-0.3, -0.25) is 0 Å². The topological polar surface area (TPSA) is 92.3 Å². The first kappa shape index (κ1) is 34.5. The maximum atomic E-state index is 5.68. The van der Waals surface area contributed by atoms with Crippen molar-refractivity contribution in [3.8, 4) is 11.5 Å². The summed E-state index contributed by atoms with van der Waals surface area (Å²) >= 11 is 0. The van der Waals surface area contributed by atoms with Crippen molar-refractivity contribution in [1.82, 2.24) is 0 Å². The molecule has 1 rings (SSSR count). The standard InChI is InChI=1S/C28H50O10/c1-3-9-29-11-13-31-15-17-33-19-21-35-23-25-37-27-5-7-28(8-6-27)38-26-24-36-22-20-34-18-16-32-14-12-30-10-4-2/h5-8H,3-4,9-26H2,1-2H3. The minimum Gasteiger partial charge on any atom is -0.491 e. The van der Waals surface area contributed by atoms with E-state index in [2.05, 4.69) is 13.8 Å². The summed E-state index contributed by atoms with van der Waals surface area (Å²) in [5.74, 6) is 1.53. The van der Waals surface area contributed by atoms with Crippen LogP contribution in [-0.2, 0) is 37.9 Å². The molecule has 0 heterocycles. The monoisotopic (exact) mass is 546 g/mol. The normalized spacial score (nSPS) is 11.2. The van der Waals surface area contributed by atoms with Crippen molar-refractivity contribution in [3.05, 3.63) is 24.3 Å². The van der Waals surface area contributed by atoms with Crippen molar-refractivity contribution in [2.75, 3.05) is 119 Å². The van der Waals surface area contributed by atoms with Crippen LogP contribution in [-0.4, -0.2) is 119 Å². The molecule has 0 saturated heterocycles. The van der Waals surface area contributed by atoms with Gasteiger partial charge in [-0.15, -0.1) is 0 Å². The van der Waals surface area contributed by atoms with Gasteiger partial charge in [-0.25, -0.2) is 0 Å². The van der Waals surface area contributed by atoms with Gasteiger partial charge in [-0.05, 0) is 37.1 Å². The van der Waals surface area contributed by atoms with E-state index < -0.39 is 0 Å². The van der Waals surface area contributed by atoms with Gasteiger partial charge in [0.2, 0.25) is 0 Å². The second-order valence-electron chi connectivity index (χ2n) is 8.07. The molecule has 10 nitrogen and oxygen atoms in total. The molecule has 38 heavy (non-hydrogen) atoms. The summed E-state index contributed by atoms with van der Waals surface area (Å²) in [6.07, 6.45) is 2.05. The Kier molecular flexibility index (Phi) is 25.9. The van der Waals surface area contributed by atoms with Crippen LogP contribution < -0.4 is 9.47 Å². The number of hydrogen-bond acceptors (Lipinski definition) is 10. The smallest absolute Gasteiger partial charge is 0.119 e. The Bertz CT molecular complexity index is 537. The van der Waals surface area contributed by atoms with Crippen LogP contribution in [0.4, 0.5) is 0 Å². The average Bonchev–Trinajstić information content (AvgIpc) is 2.94. The molecule has 0 atom stereocenters. The fourth-order valence-electron chi connectivity index (χ4n) is 2.88. The van der Waals surface area contributed by atoms with Crippen molar-refractivity contribution in [1.29, 1.82) is 0 Å². The second-order valence-corrected chi connectivity index (χ2v) is 8.07. The molecular formula is C28H50O10. The Morgan fingerprint density at radius 1 is 0.316 bits per heavy atom. The van der Waals surface area contributed by atoms with E-state index >= 15 is 0 Å². The van der Waals surface area contributed by atoms with Gasteiger partial charge in [-0.1, -0.05) is 13.8 Å². The molecule has 0 aliphatic heterocycles. The van der Waals surface area contributed by atoms with Crippen molar-refractivity contribution in [2.45, 2.75) is 26.7 Å². The highest BCUT2D eigenvalue weighted by atomic mass is 16.6.